The highest BCUT2D eigenvalue weighted by Gasteiger charge is 2.15. The molecule has 0 bridgehead atoms. The minimum absolute atomic E-state index is 0.138. The van der Waals surface area contributed by atoms with Crippen LogP contribution >= 0.6 is 39.0 Å². The summed E-state index contributed by atoms with van der Waals surface area (Å²) in [4.78, 5) is 15.8. The maximum Gasteiger partial charge on any atom is 0.257 e. The number of nitrogens with two attached hydrogens (primary N) is 1. The summed E-state index contributed by atoms with van der Waals surface area (Å²) in [5, 5.41) is 9.37. The van der Waals surface area contributed by atoms with Crippen molar-refractivity contribution in [2.24, 2.45) is 5.14 Å². The highest BCUT2D eigenvalue weighted by Crippen LogP contribution is 2.25. The van der Waals surface area contributed by atoms with Crippen molar-refractivity contribution in [1.29, 1.82) is 0 Å². The quantitative estimate of drug-likeness (QED) is 0.757. The Morgan fingerprint density at radius 2 is 2.19 bits per heavy atom. The summed E-state index contributed by atoms with van der Waals surface area (Å²) >= 11 is 6.12. The SMILES string of the molecule is CSc1cc(C(=O)Nc2cc(Br)c(S(N)(=O)=O)cn2)cs1. The molecule has 0 saturated heterocycles. The molecule has 0 spiro atoms. The number of anilines is 1. The van der Waals surface area contributed by atoms with E-state index in [-0.39, 0.29) is 21.1 Å². The van der Waals surface area contributed by atoms with E-state index in [1.165, 1.54) is 17.4 Å². The average molecular weight is 408 g/mol. The van der Waals surface area contributed by atoms with Gasteiger partial charge in [0.15, 0.2) is 0 Å². The molecule has 0 saturated carbocycles. The molecule has 1 amide bonds. The van der Waals surface area contributed by atoms with E-state index in [1.54, 1.807) is 23.2 Å². The summed E-state index contributed by atoms with van der Waals surface area (Å²) in [7, 11) is -3.85. The molecule has 0 radical (unpaired) electrons. The van der Waals surface area contributed by atoms with E-state index >= 15 is 0 Å². The van der Waals surface area contributed by atoms with Crippen molar-refractivity contribution < 1.29 is 13.2 Å². The molecule has 0 atom stereocenters. The highest BCUT2D eigenvalue weighted by atomic mass is 79.9. The van der Waals surface area contributed by atoms with Crippen LogP contribution in [0.5, 0.6) is 0 Å². The Morgan fingerprint density at radius 1 is 1.48 bits per heavy atom. The topological polar surface area (TPSA) is 102 Å². The second kappa shape index (κ2) is 6.44. The highest BCUT2D eigenvalue weighted by molar-refractivity contribution is 9.10. The molecule has 2 aromatic heterocycles. The molecular formula is C11H10BrN3O3S3. The summed E-state index contributed by atoms with van der Waals surface area (Å²) in [5.74, 6) is -0.0783. The normalized spacial score (nSPS) is 11.4. The van der Waals surface area contributed by atoms with E-state index in [9.17, 15) is 13.2 Å². The molecule has 0 aliphatic carbocycles. The number of rotatable bonds is 4. The van der Waals surface area contributed by atoms with Crippen molar-refractivity contribution in [3.05, 3.63) is 33.7 Å². The maximum absolute atomic E-state index is 12.0. The number of hydrogen-bond acceptors (Lipinski definition) is 6. The molecule has 2 rings (SSSR count). The first kappa shape index (κ1) is 16.4. The fourth-order valence-corrected chi connectivity index (χ4v) is 4.34. The van der Waals surface area contributed by atoms with Crippen LogP contribution in [0.25, 0.3) is 0 Å². The van der Waals surface area contributed by atoms with Crippen molar-refractivity contribution in [3.8, 4) is 0 Å². The first-order valence-corrected chi connectivity index (χ1v) is 9.88. The van der Waals surface area contributed by atoms with Gasteiger partial charge in [0, 0.05) is 9.85 Å². The number of carbonyl (C=O) groups excluding carboxylic acids is 1. The monoisotopic (exact) mass is 407 g/mol. The summed E-state index contributed by atoms with van der Waals surface area (Å²) in [6.45, 7) is 0. The van der Waals surface area contributed by atoms with E-state index in [4.69, 9.17) is 5.14 Å². The van der Waals surface area contributed by atoms with Gasteiger partial charge in [-0.2, -0.15) is 0 Å². The Balaban J connectivity index is 2.20. The van der Waals surface area contributed by atoms with Crippen LogP contribution in [0, 0.1) is 0 Å². The van der Waals surface area contributed by atoms with E-state index in [0.717, 1.165) is 10.4 Å². The summed E-state index contributed by atoms with van der Waals surface area (Å²) in [6, 6.07) is 3.16. The van der Waals surface area contributed by atoms with Gasteiger partial charge >= 0.3 is 0 Å². The van der Waals surface area contributed by atoms with Crippen LogP contribution in [0.15, 0.2) is 37.3 Å². The lowest BCUT2D eigenvalue weighted by Crippen LogP contribution is -2.15. The molecule has 0 aliphatic heterocycles. The third kappa shape index (κ3) is 4.04. The smallest absolute Gasteiger partial charge is 0.257 e. The van der Waals surface area contributed by atoms with Gasteiger partial charge in [-0.25, -0.2) is 18.5 Å². The minimum Gasteiger partial charge on any atom is -0.307 e. The Bertz CT molecular complexity index is 789. The first-order valence-electron chi connectivity index (χ1n) is 5.43. The third-order valence-corrected chi connectivity index (χ3v) is 6.29. The van der Waals surface area contributed by atoms with E-state index in [2.05, 4.69) is 26.2 Å². The molecule has 2 aromatic rings. The van der Waals surface area contributed by atoms with Gasteiger partial charge in [0.2, 0.25) is 10.0 Å². The minimum atomic E-state index is -3.85. The zero-order valence-corrected chi connectivity index (χ0v) is 14.7. The van der Waals surface area contributed by atoms with Crippen molar-refractivity contribution in [2.75, 3.05) is 11.6 Å². The molecule has 3 N–H and O–H groups in total. The standard InChI is InChI=1S/C11H10BrN3O3S3/c1-19-10-2-6(5-20-10)11(16)15-9-3-7(12)8(4-14-9)21(13,17)18/h2-5H,1H3,(H2,13,17,18)(H,14,15,16). The van der Waals surface area contributed by atoms with Crippen molar-refractivity contribution >= 4 is 60.8 Å². The van der Waals surface area contributed by atoms with Crippen LogP contribution in [-0.2, 0) is 10.0 Å². The number of hydrogen-bond donors (Lipinski definition) is 2. The zero-order valence-electron chi connectivity index (χ0n) is 10.7. The van der Waals surface area contributed by atoms with Gasteiger partial charge in [-0.05, 0) is 34.3 Å². The van der Waals surface area contributed by atoms with Gasteiger partial charge in [-0.3, -0.25) is 4.79 Å². The number of carbonyl (C=O) groups is 1. The van der Waals surface area contributed by atoms with E-state index in [1.807, 2.05) is 6.26 Å². The van der Waals surface area contributed by atoms with Crippen LogP contribution < -0.4 is 10.5 Å². The van der Waals surface area contributed by atoms with E-state index in [0.29, 0.717) is 5.56 Å². The number of aromatic nitrogens is 1. The number of pyridine rings is 1. The second-order valence-electron chi connectivity index (χ2n) is 3.86. The fraction of sp³-hybridized carbons (Fsp3) is 0.0909. The number of amides is 1. The predicted octanol–water partition coefficient (Wildman–Crippen LogP) is 2.53. The number of nitrogens with one attached hydrogen (secondary N) is 1. The van der Waals surface area contributed by atoms with Gasteiger partial charge < -0.3 is 5.32 Å². The van der Waals surface area contributed by atoms with E-state index < -0.39 is 10.0 Å². The zero-order chi connectivity index (χ0) is 15.6. The largest absolute Gasteiger partial charge is 0.307 e. The molecule has 0 aromatic carbocycles. The van der Waals surface area contributed by atoms with Gasteiger partial charge in [0.25, 0.3) is 5.91 Å². The molecular weight excluding hydrogens is 398 g/mol. The lowest BCUT2D eigenvalue weighted by atomic mass is 10.3. The summed E-state index contributed by atoms with van der Waals surface area (Å²) in [6.07, 6.45) is 3.02. The molecule has 2 heterocycles. The van der Waals surface area contributed by atoms with Crippen LogP contribution in [0.4, 0.5) is 5.82 Å². The van der Waals surface area contributed by atoms with Gasteiger partial charge in [-0.1, -0.05) is 0 Å². The molecule has 0 fully saturated rings. The molecule has 0 unspecified atom stereocenters. The van der Waals surface area contributed by atoms with Crippen molar-refractivity contribution in [2.45, 2.75) is 9.10 Å². The number of sulfonamides is 1. The van der Waals surface area contributed by atoms with Crippen LogP contribution in [-0.4, -0.2) is 25.6 Å². The lowest BCUT2D eigenvalue weighted by molar-refractivity contribution is 0.102. The molecule has 0 aliphatic rings. The first-order chi connectivity index (χ1) is 9.81. The van der Waals surface area contributed by atoms with Crippen LogP contribution in [0.2, 0.25) is 0 Å². The van der Waals surface area contributed by atoms with Gasteiger partial charge in [-0.15, -0.1) is 23.1 Å². The molecule has 10 heteroatoms. The molecule has 112 valence electrons. The van der Waals surface area contributed by atoms with Crippen molar-refractivity contribution in [1.82, 2.24) is 4.98 Å². The molecule has 6 nitrogen and oxygen atoms in total. The maximum atomic E-state index is 12.0. The summed E-state index contributed by atoms with van der Waals surface area (Å²) in [5.41, 5.74) is 0.526. The third-order valence-electron chi connectivity index (χ3n) is 2.41. The Morgan fingerprint density at radius 3 is 2.71 bits per heavy atom. The van der Waals surface area contributed by atoms with Crippen molar-refractivity contribution in [3.63, 3.8) is 0 Å². The Labute approximate surface area is 138 Å². The lowest BCUT2D eigenvalue weighted by Gasteiger charge is -2.06. The molecule has 21 heavy (non-hydrogen) atoms. The number of primary sulfonamides is 1. The predicted molar refractivity (Wildman–Crippen MR) is 87.4 cm³/mol. The second-order valence-corrected chi connectivity index (χ2v) is 8.26. The Kier molecular flexibility index (Phi) is 5.04. The number of thiophene rings is 1. The average Bonchev–Trinajstić information content (AvgIpc) is 2.86. The van der Waals surface area contributed by atoms with Gasteiger partial charge in [0.1, 0.15) is 10.7 Å². The summed E-state index contributed by atoms with van der Waals surface area (Å²) < 4.78 is 23.8. The fourth-order valence-electron chi connectivity index (χ4n) is 1.43. The number of thioether (sulfide) groups is 1. The van der Waals surface area contributed by atoms with Crippen LogP contribution in [0.1, 0.15) is 10.4 Å². The van der Waals surface area contributed by atoms with Crippen LogP contribution in [0.3, 0.4) is 0 Å². The number of nitrogens with zero attached hydrogens (tertiary/aromatic N) is 1. The Hall–Kier alpha value is -0.940. The number of halogens is 1. The van der Waals surface area contributed by atoms with Gasteiger partial charge in [0.05, 0.1) is 16.0 Å².